The van der Waals surface area contributed by atoms with Crippen LogP contribution in [0.2, 0.25) is 10.0 Å². The van der Waals surface area contributed by atoms with Gasteiger partial charge in [-0.25, -0.2) is 4.39 Å². The second kappa shape index (κ2) is 9.77. The number of carbonyl (C=O) groups is 1. The first-order valence-electron chi connectivity index (χ1n) is 9.33. The fourth-order valence-electron chi connectivity index (χ4n) is 2.82. The van der Waals surface area contributed by atoms with E-state index in [1.807, 2.05) is 6.07 Å². The molecule has 0 spiro atoms. The van der Waals surface area contributed by atoms with E-state index in [1.165, 1.54) is 30.3 Å². The van der Waals surface area contributed by atoms with Crippen LogP contribution >= 0.6 is 39.1 Å². The van der Waals surface area contributed by atoms with Crippen LogP contribution in [0.1, 0.15) is 21.9 Å². The third-order valence-corrected chi connectivity index (χ3v) is 5.54. The number of ether oxygens (including phenoxy) is 1. The normalized spacial score (nSPS) is 10.9. The van der Waals surface area contributed by atoms with E-state index in [-0.39, 0.29) is 18.2 Å². The van der Waals surface area contributed by atoms with Crippen molar-refractivity contribution in [1.29, 1.82) is 0 Å². The monoisotopic (exact) mass is 537 g/mol. The van der Waals surface area contributed by atoms with E-state index in [0.29, 0.717) is 38.4 Å². The van der Waals surface area contributed by atoms with Gasteiger partial charge in [0.1, 0.15) is 23.9 Å². The van der Waals surface area contributed by atoms with Crippen molar-refractivity contribution in [2.75, 3.05) is 5.32 Å². The van der Waals surface area contributed by atoms with Crippen LogP contribution in [-0.4, -0.2) is 15.7 Å². The quantitative estimate of drug-likeness (QED) is 0.289. The van der Waals surface area contributed by atoms with Crippen molar-refractivity contribution < 1.29 is 18.3 Å². The highest BCUT2D eigenvalue weighted by Crippen LogP contribution is 2.25. The lowest BCUT2D eigenvalue weighted by Gasteiger charge is -2.05. The summed E-state index contributed by atoms with van der Waals surface area (Å²) in [6.45, 7) is 0.495. The largest absolute Gasteiger partial charge is 0.486 e. The van der Waals surface area contributed by atoms with Crippen LogP contribution in [-0.2, 0) is 13.2 Å². The van der Waals surface area contributed by atoms with Gasteiger partial charge in [-0.1, -0.05) is 29.3 Å². The lowest BCUT2D eigenvalue weighted by molar-refractivity contribution is 0.0992. The van der Waals surface area contributed by atoms with Gasteiger partial charge in [0.15, 0.2) is 11.6 Å². The van der Waals surface area contributed by atoms with Crippen LogP contribution in [0.4, 0.5) is 10.2 Å². The molecule has 0 unspecified atom stereocenters. The highest BCUT2D eigenvalue weighted by molar-refractivity contribution is 9.10. The molecule has 0 fully saturated rings. The van der Waals surface area contributed by atoms with Gasteiger partial charge in [0, 0.05) is 16.2 Å². The summed E-state index contributed by atoms with van der Waals surface area (Å²) in [5.74, 6) is 0.559. The number of hydrogen-bond donors (Lipinski definition) is 1. The summed E-state index contributed by atoms with van der Waals surface area (Å²) in [5.41, 5.74) is 0.834. The number of anilines is 1. The molecule has 0 radical (unpaired) electrons. The van der Waals surface area contributed by atoms with Gasteiger partial charge in [-0.15, -0.1) is 0 Å². The highest BCUT2D eigenvalue weighted by Gasteiger charge is 2.16. The molecule has 2 aromatic carbocycles. The Kier molecular flexibility index (Phi) is 6.83. The second-order valence-corrected chi connectivity index (χ2v) is 8.42. The average molecular weight is 539 g/mol. The first kappa shape index (κ1) is 22.4. The van der Waals surface area contributed by atoms with Crippen molar-refractivity contribution in [2.24, 2.45) is 0 Å². The van der Waals surface area contributed by atoms with Gasteiger partial charge < -0.3 is 14.5 Å². The van der Waals surface area contributed by atoms with Gasteiger partial charge in [-0.3, -0.25) is 9.48 Å². The van der Waals surface area contributed by atoms with Gasteiger partial charge in [0.2, 0.25) is 0 Å². The molecule has 2 heterocycles. The molecule has 0 aliphatic heterocycles. The van der Waals surface area contributed by atoms with Crippen molar-refractivity contribution in [3.8, 4) is 5.75 Å². The summed E-state index contributed by atoms with van der Waals surface area (Å²) in [6, 6.07) is 14.0. The number of nitrogens with one attached hydrogen (secondary N) is 1. The summed E-state index contributed by atoms with van der Waals surface area (Å²) in [7, 11) is 0. The second-order valence-electron chi connectivity index (χ2n) is 6.72. The number of halogens is 4. The number of aromatic nitrogens is 2. The number of nitrogens with zero attached hydrogens (tertiary/aromatic N) is 2. The Hall–Kier alpha value is -2.81. The van der Waals surface area contributed by atoms with Crippen LogP contribution in [0.15, 0.2) is 69.7 Å². The van der Waals surface area contributed by atoms with E-state index in [0.717, 1.165) is 5.56 Å². The summed E-state index contributed by atoms with van der Waals surface area (Å²) in [6.07, 6.45) is 1.73. The van der Waals surface area contributed by atoms with Gasteiger partial charge >= 0.3 is 0 Å². The number of hydrogen-bond acceptors (Lipinski definition) is 4. The van der Waals surface area contributed by atoms with Gasteiger partial charge in [0.25, 0.3) is 5.91 Å². The molecule has 0 saturated heterocycles. The van der Waals surface area contributed by atoms with Crippen LogP contribution in [0.3, 0.4) is 0 Å². The molecular weight excluding hydrogens is 524 g/mol. The summed E-state index contributed by atoms with van der Waals surface area (Å²) in [5, 5.41) is 8.15. The van der Waals surface area contributed by atoms with Crippen LogP contribution in [0.25, 0.3) is 0 Å². The third-order valence-electron chi connectivity index (χ3n) is 4.38. The maximum Gasteiger partial charge on any atom is 0.292 e. The number of amides is 1. The lowest BCUT2D eigenvalue weighted by atomic mass is 10.2. The number of carbonyl (C=O) groups excluding carboxylic acids is 1. The van der Waals surface area contributed by atoms with Gasteiger partial charge in [0.05, 0.1) is 11.0 Å². The van der Waals surface area contributed by atoms with E-state index < -0.39 is 5.91 Å². The molecule has 0 saturated carbocycles. The fourth-order valence-corrected chi connectivity index (χ4v) is 3.70. The molecule has 0 bridgehead atoms. The van der Waals surface area contributed by atoms with Crippen LogP contribution in [0, 0.1) is 5.82 Å². The predicted molar refractivity (Wildman–Crippen MR) is 123 cm³/mol. The molecule has 2 aromatic heterocycles. The number of furan rings is 1. The Bertz CT molecular complexity index is 1260. The molecule has 0 aliphatic carbocycles. The minimum atomic E-state index is -0.464. The maximum atomic E-state index is 13.0. The molecule has 0 aliphatic rings. The molecule has 6 nitrogen and oxygen atoms in total. The molecule has 32 heavy (non-hydrogen) atoms. The molecule has 10 heteroatoms. The zero-order valence-corrected chi connectivity index (χ0v) is 19.4. The van der Waals surface area contributed by atoms with Crippen molar-refractivity contribution in [3.63, 3.8) is 0 Å². The van der Waals surface area contributed by atoms with E-state index in [1.54, 1.807) is 29.1 Å². The molecule has 1 N–H and O–H groups in total. The van der Waals surface area contributed by atoms with Crippen molar-refractivity contribution in [3.05, 3.63) is 98.2 Å². The Labute approximate surface area is 201 Å². The Morgan fingerprint density at radius 3 is 2.69 bits per heavy atom. The summed E-state index contributed by atoms with van der Waals surface area (Å²) in [4.78, 5) is 12.6. The third kappa shape index (κ3) is 5.51. The summed E-state index contributed by atoms with van der Waals surface area (Å²) >= 11 is 15.5. The Balaban J connectivity index is 1.38. The van der Waals surface area contributed by atoms with E-state index in [4.69, 9.17) is 32.4 Å². The Morgan fingerprint density at radius 2 is 1.94 bits per heavy atom. The summed E-state index contributed by atoms with van der Waals surface area (Å²) < 4.78 is 26.3. The number of benzene rings is 2. The minimum absolute atomic E-state index is 0.0963. The molecular formula is C22H15BrCl2FN3O3. The van der Waals surface area contributed by atoms with Crippen molar-refractivity contribution >= 4 is 50.9 Å². The minimum Gasteiger partial charge on any atom is -0.486 e. The van der Waals surface area contributed by atoms with Crippen LogP contribution < -0.4 is 10.1 Å². The molecule has 4 rings (SSSR count). The molecule has 4 aromatic rings. The zero-order chi connectivity index (χ0) is 22.7. The zero-order valence-electron chi connectivity index (χ0n) is 16.3. The standard InChI is InChI=1S/C22H15BrCl2FN3O3/c23-18-11-29(10-13-1-2-14(24)9-19(13)25)28-21(18)27-22(30)20-8-7-17(32-20)12-31-16-5-3-15(26)4-6-16/h1-9,11H,10,12H2,(H,27,28,30). The SMILES string of the molecule is O=C(Nc1nn(Cc2ccc(Cl)cc2Cl)cc1Br)c1ccc(COc2ccc(F)cc2)o1. The van der Waals surface area contributed by atoms with E-state index in [2.05, 4.69) is 26.3 Å². The van der Waals surface area contributed by atoms with Crippen LogP contribution in [0.5, 0.6) is 5.75 Å². The molecule has 0 atom stereocenters. The topological polar surface area (TPSA) is 69.3 Å². The maximum absolute atomic E-state index is 13.0. The van der Waals surface area contributed by atoms with E-state index in [9.17, 15) is 9.18 Å². The van der Waals surface area contributed by atoms with Crippen molar-refractivity contribution in [1.82, 2.24) is 9.78 Å². The fraction of sp³-hybridized carbons (Fsp3) is 0.0909. The van der Waals surface area contributed by atoms with Crippen molar-refractivity contribution in [2.45, 2.75) is 13.2 Å². The van der Waals surface area contributed by atoms with Gasteiger partial charge in [-0.2, -0.15) is 5.10 Å². The molecule has 164 valence electrons. The van der Waals surface area contributed by atoms with Gasteiger partial charge in [-0.05, 0) is 70.0 Å². The lowest BCUT2D eigenvalue weighted by Crippen LogP contribution is -2.12. The smallest absolute Gasteiger partial charge is 0.292 e. The predicted octanol–water partition coefficient (Wildman–Crippen LogP) is 6.56. The Morgan fingerprint density at radius 1 is 1.16 bits per heavy atom. The number of rotatable bonds is 7. The average Bonchev–Trinajstić information content (AvgIpc) is 3.36. The van der Waals surface area contributed by atoms with E-state index >= 15 is 0 Å². The highest BCUT2D eigenvalue weighted by atomic mass is 79.9. The first-order chi connectivity index (χ1) is 15.4. The first-order valence-corrected chi connectivity index (χ1v) is 10.9. The molecule has 1 amide bonds.